The van der Waals surface area contributed by atoms with Gasteiger partial charge in [0.25, 0.3) is 0 Å². The fourth-order valence-corrected chi connectivity index (χ4v) is 2.42. The molecule has 0 bridgehead atoms. The van der Waals surface area contributed by atoms with Crippen molar-refractivity contribution >= 4 is 39.7 Å². The third-order valence-electron chi connectivity index (χ3n) is 2.12. The van der Waals surface area contributed by atoms with Crippen LogP contribution in [0.15, 0.2) is 4.99 Å². The number of aryl methyl sites for hydroxylation is 1. The van der Waals surface area contributed by atoms with Gasteiger partial charge >= 0.3 is 5.97 Å². The Labute approximate surface area is 111 Å². The maximum atomic E-state index is 12.1. The molecule has 0 N–H and O–H groups in total. The molecule has 0 aliphatic rings. The van der Waals surface area contributed by atoms with Crippen molar-refractivity contribution in [3.8, 4) is 0 Å². The molecule has 0 unspecified atom stereocenters. The molecule has 0 saturated carbocycles. The van der Waals surface area contributed by atoms with E-state index in [0.29, 0.717) is 10.6 Å². The topological polar surface area (TPSA) is 38.7 Å². The van der Waals surface area contributed by atoms with Gasteiger partial charge in [0.2, 0.25) is 0 Å². The molecular formula is C12H15NO2S2. The van der Waals surface area contributed by atoms with Crippen LogP contribution in [0.2, 0.25) is 0 Å². The van der Waals surface area contributed by atoms with Crippen molar-refractivity contribution in [2.24, 2.45) is 4.99 Å². The number of rotatable bonds is 2. The normalized spacial score (nSPS) is 10.9. The van der Waals surface area contributed by atoms with E-state index in [-0.39, 0.29) is 5.97 Å². The third kappa shape index (κ3) is 3.46. The second-order valence-electron chi connectivity index (χ2n) is 4.67. The van der Waals surface area contributed by atoms with Crippen LogP contribution in [0.3, 0.4) is 0 Å². The minimum Gasteiger partial charge on any atom is -0.456 e. The monoisotopic (exact) mass is 269 g/mol. The maximum Gasteiger partial charge on any atom is 0.342 e. The summed E-state index contributed by atoms with van der Waals surface area (Å²) < 4.78 is 5.35. The van der Waals surface area contributed by atoms with Crippen LogP contribution in [0.5, 0.6) is 0 Å². The van der Waals surface area contributed by atoms with Gasteiger partial charge in [-0.15, -0.1) is 11.3 Å². The second kappa shape index (κ2) is 5.08. The fraction of sp³-hybridized carbons (Fsp3) is 0.500. The van der Waals surface area contributed by atoms with Crippen molar-refractivity contribution in [1.82, 2.24) is 0 Å². The van der Waals surface area contributed by atoms with Crippen LogP contribution in [0, 0.1) is 13.8 Å². The summed E-state index contributed by atoms with van der Waals surface area (Å²) in [7, 11) is 0. The van der Waals surface area contributed by atoms with Crippen LogP contribution in [-0.4, -0.2) is 16.7 Å². The molecule has 0 fully saturated rings. The first-order valence-electron chi connectivity index (χ1n) is 5.17. The van der Waals surface area contributed by atoms with E-state index in [1.807, 2.05) is 34.6 Å². The molecule has 0 saturated heterocycles. The van der Waals surface area contributed by atoms with Crippen LogP contribution in [0.4, 0.5) is 5.00 Å². The molecular weight excluding hydrogens is 254 g/mol. The number of isothiocyanates is 1. The van der Waals surface area contributed by atoms with Crippen LogP contribution < -0.4 is 0 Å². The SMILES string of the molecule is Cc1sc(N=C=S)c(C(=O)OC(C)(C)C)c1C. The predicted molar refractivity (Wildman–Crippen MR) is 73.6 cm³/mol. The third-order valence-corrected chi connectivity index (χ3v) is 3.31. The lowest BCUT2D eigenvalue weighted by molar-refractivity contribution is 0.00703. The van der Waals surface area contributed by atoms with Crippen molar-refractivity contribution in [2.45, 2.75) is 40.2 Å². The van der Waals surface area contributed by atoms with E-state index < -0.39 is 5.60 Å². The Hall–Kier alpha value is -1.03. The van der Waals surface area contributed by atoms with Gasteiger partial charge in [-0.25, -0.2) is 4.79 Å². The van der Waals surface area contributed by atoms with Gasteiger partial charge in [0.15, 0.2) is 0 Å². The highest BCUT2D eigenvalue weighted by molar-refractivity contribution is 7.78. The Balaban J connectivity index is 3.20. The van der Waals surface area contributed by atoms with Gasteiger partial charge in [-0.2, -0.15) is 4.99 Å². The number of esters is 1. The molecule has 0 aliphatic heterocycles. The Morgan fingerprint density at radius 3 is 2.47 bits per heavy atom. The molecule has 3 nitrogen and oxygen atoms in total. The van der Waals surface area contributed by atoms with E-state index in [1.54, 1.807) is 0 Å². The van der Waals surface area contributed by atoms with Crippen LogP contribution in [-0.2, 0) is 4.74 Å². The molecule has 1 heterocycles. The minimum atomic E-state index is -0.516. The van der Waals surface area contributed by atoms with E-state index in [0.717, 1.165) is 10.4 Å². The average Bonchev–Trinajstić information content (AvgIpc) is 2.40. The molecule has 17 heavy (non-hydrogen) atoms. The Morgan fingerprint density at radius 2 is 2.00 bits per heavy atom. The van der Waals surface area contributed by atoms with E-state index in [1.165, 1.54) is 11.3 Å². The van der Waals surface area contributed by atoms with Gasteiger partial charge < -0.3 is 4.74 Å². The number of thiocarbonyl (C=S) groups is 1. The number of carbonyl (C=O) groups excluding carboxylic acids is 1. The van der Waals surface area contributed by atoms with Crippen molar-refractivity contribution in [3.63, 3.8) is 0 Å². The van der Waals surface area contributed by atoms with Crippen molar-refractivity contribution < 1.29 is 9.53 Å². The summed E-state index contributed by atoms with van der Waals surface area (Å²) in [6.07, 6.45) is 0. The highest BCUT2D eigenvalue weighted by Crippen LogP contribution is 2.35. The largest absolute Gasteiger partial charge is 0.456 e. The smallest absolute Gasteiger partial charge is 0.342 e. The molecule has 92 valence electrons. The standard InChI is InChI=1S/C12H15NO2S2/c1-7-8(2)17-10(13-6-16)9(7)11(14)15-12(3,4)5/h1-5H3. The number of aliphatic imine (C=N–C) groups is 1. The lowest BCUT2D eigenvalue weighted by Crippen LogP contribution is -2.24. The average molecular weight is 269 g/mol. The number of hydrogen-bond acceptors (Lipinski definition) is 5. The van der Waals surface area contributed by atoms with Crippen molar-refractivity contribution in [1.29, 1.82) is 0 Å². The first-order valence-corrected chi connectivity index (χ1v) is 6.40. The van der Waals surface area contributed by atoms with Crippen LogP contribution >= 0.6 is 23.6 Å². The van der Waals surface area contributed by atoms with Crippen LogP contribution in [0.1, 0.15) is 41.6 Å². The molecule has 5 heteroatoms. The molecule has 1 rings (SSSR count). The number of ether oxygens (including phenoxy) is 1. The summed E-state index contributed by atoms with van der Waals surface area (Å²) in [5.41, 5.74) is 0.880. The zero-order valence-corrected chi connectivity index (χ0v) is 12.2. The number of hydrogen-bond donors (Lipinski definition) is 0. The van der Waals surface area contributed by atoms with Gasteiger partial charge in [0, 0.05) is 4.88 Å². The Bertz CT molecular complexity index is 491. The molecule has 0 atom stereocenters. The van der Waals surface area contributed by atoms with E-state index in [2.05, 4.69) is 22.4 Å². The first kappa shape index (κ1) is 14.0. The number of carbonyl (C=O) groups is 1. The van der Waals surface area contributed by atoms with Gasteiger partial charge in [0.05, 0.1) is 5.16 Å². The summed E-state index contributed by atoms with van der Waals surface area (Å²) in [5, 5.41) is 2.87. The van der Waals surface area contributed by atoms with E-state index in [4.69, 9.17) is 4.74 Å². The van der Waals surface area contributed by atoms with Gasteiger partial charge in [-0.3, -0.25) is 0 Å². The molecule has 0 spiro atoms. The van der Waals surface area contributed by atoms with Crippen LogP contribution in [0.25, 0.3) is 0 Å². The molecule has 1 aromatic rings. The fourth-order valence-electron chi connectivity index (χ4n) is 1.30. The zero-order valence-electron chi connectivity index (χ0n) is 10.6. The van der Waals surface area contributed by atoms with Gasteiger partial charge in [-0.1, -0.05) is 0 Å². The Kier molecular flexibility index (Phi) is 4.20. The highest BCUT2D eigenvalue weighted by Gasteiger charge is 2.24. The van der Waals surface area contributed by atoms with Crippen molar-refractivity contribution in [3.05, 3.63) is 16.0 Å². The minimum absolute atomic E-state index is 0.358. The highest BCUT2D eigenvalue weighted by atomic mass is 32.1. The molecule has 0 amide bonds. The maximum absolute atomic E-state index is 12.1. The first-order chi connectivity index (χ1) is 7.76. The molecule has 0 aliphatic carbocycles. The summed E-state index contributed by atoms with van der Waals surface area (Å²) in [5.74, 6) is -0.358. The summed E-state index contributed by atoms with van der Waals surface area (Å²) >= 11 is 6.00. The quantitative estimate of drug-likeness (QED) is 0.462. The van der Waals surface area contributed by atoms with E-state index >= 15 is 0 Å². The number of thiophene rings is 1. The predicted octanol–water partition coefficient (Wildman–Crippen LogP) is 4.05. The van der Waals surface area contributed by atoms with Gasteiger partial charge in [-0.05, 0) is 52.4 Å². The number of nitrogens with zero attached hydrogens (tertiary/aromatic N) is 1. The second-order valence-corrected chi connectivity index (χ2v) is 6.05. The summed E-state index contributed by atoms with van der Waals surface area (Å²) in [6, 6.07) is 0. The zero-order chi connectivity index (χ0) is 13.2. The lowest BCUT2D eigenvalue weighted by Gasteiger charge is -2.19. The molecule has 0 radical (unpaired) electrons. The van der Waals surface area contributed by atoms with Gasteiger partial charge in [0.1, 0.15) is 16.2 Å². The van der Waals surface area contributed by atoms with Crippen molar-refractivity contribution in [2.75, 3.05) is 0 Å². The molecule has 1 aromatic heterocycles. The molecule has 0 aromatic carbocycles. The lowest BCUT2D eigenvalue weighted by atomic mass is 10.1. The Morgan fingerprint density at radius 1 is 1.41 bits per heavy atom. The van der Waals surface area contributed by atoms with E-state index in [9.17, 15) is 4.79 Å². The summed E-state index contributed by atoms with van der Waals surface area (Å²) in [4.78, 5) is 17.0. The summed E-state index contributed by atoms with van der Waals surface area (Å²) in [6.45, 7) is 9.33.